The molecule has 0 saturated carbocycles. The minimum absolute atomic E-state index is 0.0876. The van der Waals surface area contributed by atoms with Crippen LogP contribution in [0.3, 0.4) is 0 Å². The predicted octanol–water partition coefficient (Wildman–Crippen LogP) is 5.73. The molecule has 2 aliphatic rings. The molecule has 8 heteroatoms. The van der Waals surface area contributed by atoms with E-state index in [1.807, 2.05) is 45.0 Å². The van der Waals surface area contributed by atoms with Crippen LogP contribution in [0.4, 0.5) is 4.79 Å². The molecular formula is C29H41N3O5. The van der Waals surface area contributed by atoms with Gasteiger partial charge in [-0.25, -0.2) is 14.3 Å². The summed E-state index contributed by atoms with van der Waals surface area (Å²) in [5.74, 6) is 0.284. The second-order valence-corrected chi connectivity index (χ2v) is 11.9. The molecule has 0 N–H and O–H groups in total. The molecule has 0 unspecified atom stereocenters. The van der Waals surface area contributed by atoms with Crippen molar-refractivity contribution in [2.24, 2.45) is 5.41 Å². The Bertz CT molecular complexity index is 1130. The Morgan fingerprint density at radius 2 is 1.95 bits per heavy atom. The molecule has 0 radical (unpaired) electrons. The van der Waals surface area contributed by atoms with E-state index in [-0.39, 0.29) is 23.6 Å². The summed E-state index contributed by atoms with van der Waals surface area (Å²) in [5, 5.41) is 4.91. The van der Waals surface area contributed by atoms with Gasteiger partial charge in [0.1, 0.15) is 23.1 Å². The smallest absolute Gasteiger partial charge is 0.410 e. The lowest BCUT2D eigenvalue weighted by Crippen LogP contribution is -2.36. The number of ether oxygens (including phenoxy) is 3. The Labute approximate surface area is 220 Å². The van der Waals surface area contributed by atoms with Crippen LogP contribution in [0.5, 0.6) is 5.75 Å². The summed E-state index contributed by atoms with van der Waals surface area (Å²) in [7, 11) is 0. The molecule has 1 aliphatic carbocycles. The number of hydrogen-bond acceptors (Lipinski definition) is 6. The van der Waals surface area contributed by atoms with E-state index in [1.165, 1.54) is 0 Å². The monoisotopic (exact) mass is 511 g/mol. The van der Waals surface area contributed by atoms with Gasteiger partial charge in [0.15, 0.2) is 5.69 Å². The minimum Gasteiger partial charge on any atom is -0.486 e. The minimum atomic E-state index is -0.543. The molecule has 0 spiro atoms. The van der Waals surface area contributed by atoms with E-state index < -0.39 is 5.60 Å². The first-order chi connectivity index (χ1) is 17.5. The van der Waals surface area contributed by atoms with Gasteiger partial charge in [0.05, 0.1) is 18.8 Å². The third-order valence-corrected chi connectivity index (χ3v) is 6.87. The maximum atomic E-state index is 13.4. The van der Waals surface area contributed by atoms with Gasteiger partial charge in [-0.1, -0.05) is 39.3 Å². The Hall–Kier alpha value is -3.03. The topological polar surface area (TPSA) is 82.9 Å². The average molecular weight is 512 g/mol. The van der Waals surface area contributed by atoms with Crippen LogP contribution in [0.25, 0.3) is 5.69 Å². The number of aromatic nitrogens is 2. The highest BCUT2D eigenvalue weighted by Gasteiger charge is 2.35. The standard InChI is InChI=1S/C29H41N3O5/c1-7-8-17-35-26(33)25-21-18-29(5,6)15-13-22(21)30-32(25)23-11-9-10-12-24(23)36-20-14-16-31(19-20)27(34)37-28(2,3)4/h9-12,20H,7-8,13-19H2,1-6H3/t20-/m0/s1. The summed E-state index contributed by atoms with van der Waals surface area (Å²) in [4.78, 5) is 27.6. The number of benzene rings is 1. The molecule has 8 nitrogen and oxygen atoms in total. The van der Waals surface area contributed by atoms with Gasteiger partial charge in [0, 0.05) is 18.5 Å². The molecule has 1 saturated heterocycles. The summed E-state index contributed by atoms with van der Waals surface area (Å²) in [6.07, 6.45) is 4.58. The van der Waals surface area contributed by atoms with Gasteiger partial charge < -0.3 is 19.1 Å². The van der Waals surface area contributed by atoms with Gasteiger partial charge in [-0.15, -0.1) is 0 Å². The van der Waals surface area contributed by atoms with Crippen LogP contribution in [0, 0.1) is 5.41 Å². The number of carbonyl (C=O) groups excluding carboxylic acids is 2. The average Bonchev–Trinajstić information content (AvgIpc) is 3.42. The third kappa shape index (κ3) is 6.46. The lowest BCUT2D eigenvalue weighted by Gasteiger charge is -2.28. The van der Waals surface area contributed by atoms with Gasteiger partial charge in [0.2, 0.25) is 0 Å². The predicted molar refractivity (Wildman–Crippen MR) is 141 cm³/mol. The van der Waals surface area contributed by atoms with Gasteiger partial charge >= 0.3 is 12.1 Å². The molecule has 1 aromatic carbocycles. The van der Waals surface area contributed by atoms with Crippen molar-refractivity contribution in [3.63, 3.8) is 0 Å². The Balaban J connectivity index is 1.61. The van der Waals surface area contributed by atoms with Crippen LogP contribution in [0.15, 0.2) is 24.3 Å². The van der Waals surface area contributed by atoms with Crippen molar-refractivity contribution in [2.45, 2.75) is 91.8 Å². The van der Waals surface area contributed by atoms with E-state index in [1.54, 1.807) is 9.58 Å². The van der Waals surface area contributed by atoms with E-state index in [9.17, 15) is 9.59 Å². The normalized spacial score (nSPS) is 18.9. The lowest BCUT2D eigenvalue weighted by atomic mass is 9.76. The Morgan fingerprint density at radius 1 is 1.19 bits per heavy atom. The fourth-order valence-electron chi connectivity index (χ4n) is 4.90. The second kappa shape index (κ2) is 10.8. The number of para-hydroxylation sites is 2. The number of fused-ring (bicyclic) bond motifs is 1. The largest absolute Gasteiger partial charge is 0.486 e. The number of rotatable bonds is 7. The summed E-state index contributed by atoms with van der Waals surface area (Å²) < 4.78 is 19.3. The van der Waals surface area contributed by atoms with Crippen LogP contribution < -0.4 is 4.74 Å². The summed E-state index contributed by atoms with van der Waals surface area (Å²) in [6, 6.07) is 7.64. The molecule has 1 amide bonds. The van der Waals surface area contributed by atoms with Gasteiger partial charge in [-0.2, -0.15) is 5.10 Å². The fraction of sp³-hybridized carbons (Fsp3) is 0.621. The van der Waals surface area contributed by atoms with Crippen molar-refractivity contribution in [3.05, 3.63) is 41.2 Å². The highest BCUT2D eigenvalue weighted by atomic mass is 16.6. The van der Waals surface area contributed by atoms with Gasteiger partial charge in [0.25, 0.3) is 0 Å². The molecule has 1 atom stereocenters. The molecule has 202 valence electrons. The van der Waals surface area contributed by atoms with Crippen molar-refractivity contribution in [3.8, 4) is 11.4 Å². The first-order valence-electron chi connectivity index (χ1n) is 13.5. The molecule has 4 rings (SSSR count). The van der Waals surface area contributed by atoms with Crippen LogP contribution in [0.2, 0.25) is 0 Å². The van der Waals surface area contributed by atoms with Crippen LogP contribution in [-0.2, 0) is 22.3 Å². The number of unbranched alkanes of at least 4 members (excludes halogenated alkanes) is 1. The Kier molecular flexibility index (Phi) is 7.85. The number of amides is 1. The lowest BCUT2D eigenvalue weighted by molar-refractivity contribution is 0.0275. The highest BCUT2D eigenvalue weighted by Crippen LogP contribution is 2.38. The number of esters is 1. The van der Waals surface area contributed by atoms with E-state index in [0.29, 0.717) is 43.2 Å². The summed E-state index contributed by atoms with van der Waals surface area (Å²) in [6.45, 7) is 13.5. The molecule has 37 heavy (non-hydrogen) atoms. The number of hydrogen-bond donors (Lipinski definition) is 0. The van der Waals surface area contributed by atoms with Crippen molar-refractivity contribution < 1.29 is 23.8 Å². The second-order valence-electron chi connectivity index (χ2n) is 11.9. The van der Waals surface area contributed by atoms with Crippen molar-refractivity contribution in [2.75, 3.05) is 19.7 Å². The molecule has 1 aliphatic heterocycles. The third-order valence-electron chi connectivity index (χ3n) is 6.87. The summed E-state index contributed by atoms with van der Waals surface area (Å²) >= 11 is 0. The molecule has 1 fully saturated rings. The molecular weight excluding hydrogens is 470 g/mol. The SMILES string of the molecule is CCCCOC(=O)c1c2c(nn1-c1ccccc1O[C@H]1CCN(C(=O)OC(C)(C)C)C1)CCC(C)(C)C2. The van der Waals surface area contributed by atoms with Crippen LogP contribution in [-0.4, -0.2) is 58.1 Å². The van der Waals surface area contributed by atoms with Crippen molar-refractivity contribution in [1.82, 2.24) is 14.7 Å². The highest BCUT2D eigenvalue weighted by molar-refractivity contribution is 5.90. The van der Waals surface area contributed by atoms with E-state index in [4.69, 9.17) is 19.3 Å². The fourth-order valence-corrected chi connectivity index (χ4v) is 4.90. The zero-order chi connectivity index (χ0) is 26.8. The number of carbonyl (C=O) groups is 2. The zero-order valence-corrected chi connectivity index (χ0v) is 23.1. The molecule has 0 bridgehead atoms. The van der Waals surface area contributed by atoms with Crippen LogP contribution >= 0.6 is 0 Å². The van der Waals surface area contributed by atoms with E-state index in [0.717, 1.165) is 43.4 Å². The van der Waals surface area contributed by atoms with E-state index >= 15 is 0 Å². The summed E-state index contributed by atoms with van der Waals surface area (Å²) in [5.41, 5.74) is 2.67. The van der Waals surface area contributed by atoms with Crippen molar-refractivity contribution in [1.29, 1.82) is 0 Å². The molecule has 1 aromatic heterocycles. The molecule has 2 heterocycles. The maximum absolute atomic E-state index is 13.4. The first kappa shape index (κ1) is 27.0. The molecule has 2 aromatic rings. The quantitative estimate of drug-likeness (QED) is 0.349. The zero-order valence-electron chi connectivity index (χ0n) is 23.1. The number of nitrogens with zero attached hydrogens (tertiary/aromatic N) is 3. The number of likely N-dealkylation sites (tertiary alicyclic amines) is 1. The van der Waals surface area contributed by atoms with Gasteiger partial charge in [-0.05, 0) is 64.0 Å². The number of aryl methyl sites for hydroxylation is 1. The van der Waals surface area contributed by atoms with Crippen LogP contribution in [0.1, 0.15) is 89.0 Å². The first-order valence-corrected chi connectivity index (χ1v) is 13.5. The van der Waals surface area contributed by atoms with Crippen molar-refractivity contribution >= 4 is 12.1 Å². The maximum Gasteiger partial charge on any atom is 0.410 e. The van der Waals surface area contributed by atoms with E-state index in [2.05, 4.69) is 20.8 Å². The Morgan fingerprint density at radius 3 is 2.68 bits per heavy atom. The van der Waals surface area contributed by atoms with Gasteiger partial charge in [-0.3, -0.25) is 0 Å².